The third kappa shape index (κ3) is 7.21. The molecule has 2 heterocycles. The third-order valence-electron chi connectivity index (χ3n) is 7.53. The fourth-order valence-corrected chi connectivity index (χ4v) is 7.26. The quantitative estimate of drug-likeness (QED) is 0.164. The van der Waals surface area contributed by atoms with Crippen LogP contribution in [-0.2, 0) is 25.7 Å². The maximum absolute atomic E-state index is 14.1. The van der Waals surface area contributed by atoms with Crippen LogP contribution in [0.25, 0.3) is 12.2 Å². The Bertz CT molecular complexity index is 1770. The molecule has 2 aliphatic heterocycles. The van der Waals surface area contributed by atoms with Crippen molar-refractivity contribution < 1.29 is 49.0 Å². The molecule has 0 N–H and O–H groups in total. The number of esters is 1. The standard InChI is InChI=1S/C30H26ClF6N3O5S/c1-44-28(41)18-38-12-13-39-20(16-38)17-40(46(42,43)22-5-2-4-21(15-22)45-30(35,36)37)27-14-19(9-11-26(27)39)8-10-23-24(29(32,33)34)6-3-7-25(23)31/h2-11,14-15,20H,12-13,16-18H2,1H3/b10-8+/t20-/m0/s1. The maximum atomic E-state index is 14.1. The smallest absolute Gasteiger partial charge is 0.468 e. The highest BCUT2D eigenvalue weighted by Gasteiger charge is 2.41. The number of halogens is 7. The summed E-state index contributed by atoms with van der Waals surface area (Å²) in [5, 5.41) is -0.137. The van der Waals surface area contributed by atoms with Crippen LogP contribution in [0.3, 0.4) is 0 Å². The first-order chi connectivity index (χ1) is 21.6. The molecule has 0 unspecified atom stereocenters. The monoisotopic (exact) mass is 689 g/mol. The van der Waals surface area contributed by atoms with Gasteiger partial charge in [0.2, 0.25) is 0 Å². The molecule has 246 valence electrons. The highest BCUT2D eigenvalue weighted by molar-refractivity contribution is 7.92. The van der Waals surface area contributed by atoms with Gasteiger partial charge in [-0.2, -0.15) is 13.2 Å². The summed E-state index contributed by atoms with van der Waals surface area (Å²) in [6, 6.07) is 11.6. The molecule has 1 atom stereocenters. The molecule has 0 spiro atoms. The lowest BCUT2D eigenvalue weighted by atomic mass is 10.0. The van der Waals surface area contributed by atoms with Crippen LogP contribution < -0.4 is 13.9 Å². The van der Waals surface area contributed by atoms with Gasteiger partial charge in [0.25, 0.3) is 10.0 Å². The van der Waals surface area contributed by atoms with E-state index in [1.165, 1.54) is 37.5 Å². The Balaban J connectivity index is 1.57. The molecule has 8 nitrogen and oxygen atoms in total. The molecule has 0 aromatic heterocycles. The zero-order valence-electron chi connectivity index (χ0n) is 24.0. The minimum atomic E-state index is -5.05. The fourth-order valence-electron chi connectivity index (χ4n) is 5.48. The van der Waals surface area contributed by atoms with E-state index in [4.69, 9.17) is 16.3 Å². The summed E-state index contributed by atoms with van der Waals surface area (Å²) in [6.45, 7) is 0.951. The summed E-state index contributed by atoms with van der Waals surface area (Å²) in [5.74, 6) is -1.20. The van der Waals surface area contributed by atoms with Gasteiger partial charge in [0.05, 0.1) is 48.1 Å². The van der Waals surface area contributed by atoms with Crippen molar-refractivity contribution >= 4 is 51.1 Å². The molecule has 3 aromatic rings. The van der Waals surface area contributed by atoms with Crippen LogP contribution in [0.1, 0.15) is 16.7 Å². The van der Waals surface area contributed by atoms with Gasteiger partial charge in [0.1, 0.15) is 5.75 Å². The van der Waals surface area contributed by atoms with E-state index in [9.17, 15) is 39.6 Å². The summed E-state index contributed by atoms with van der Waals surface area (Å²) in [7, 11) is -3.26. The SMILES string of the molecule is COC(=O)CN1CCN2c3ccc(/C=C/c4c(Cl)cccc4C(F)(F)F)cc3N(S(=O)(=O)c3cccc(OC(F)(F)F)c3)C[C@@H]2C1. The molecular formula is C30H26ClF6N3O5S. The number of anilines is 2. The van der Waals surface area contributed by atoms with Gasteiger partial charge in [-0.1, -0.05) is 42.0 Å². The molecule has 46 heavy (non-hydrogen) atoms. The van der Waals surface area contributed by atoms with Crippen molar-refractivity contribution in [1.82, 2.24) is 4.90 Å². The number of ether oxygens (including phenoxy) is 2. The Morgan fingerprint density at radius 2 is 1.70 bits per heavy atom. The minimum Gasteiger partial charge on any atom is -0.468 e. The second-order valence-corrected chi connectivity index (χ2v) is 12.8. The summed E-state index contributed by atoms with van der Waals surface area (Å²) in [6.07, 6.45) is -7.19. The Kier molecular flexibility index (Phi) is 9.21. The van der Waals surface area contributed by atoms with Gasteiger partial charge >= 0.3 is 18.5 Å². The number of sulfonamides is 1. The van der Waals surface area contributed by atoms with E-state index in [0.717, 1.165) is 34.6 Å². The topological polar surface area (TPSA) is 79.4 Å². The van der Waals surface area contributed by atoms with Gasteiger partial charge in [-0.05, 0) is 42.0 Å². The highest BCUT2D eigenvalue weighted by atomic mass is 35.5. The normalized spacial score (nSPS) is 17.5. The average molecular weight is 690 g/mol. The summed E-state index contributed by atoms with van der Waals surface area (Å²) >= 11 is 6.09. The van der Waals surface area contributed by atoms with Crippen molar-refractivity contribution in [2.45, 2.75) is 23.5 Å². The van der Waals surface area contributed by atoms with Crippen molar-refractivity contribution in [3.63, 3.8) is 0 Å². The third-order valence-corrected chi connectivity index (χ3v) is 9.63. The van der Waals surface area contributed by atoms with E-state index >= 15 is 0 Å². The Hall–Kier alpha value is -3.95. The molecular weight excluding hydrogens is 664 g/mol. The number of alkyl halides is 6. The van der Waals surface area contributed by atoms with Crippen LogP contribution in [-0.4, -0.2) is 71.5 Å². The number of benzene rings is 3. The van der Waals surface area contributed by atoms with E-state index in [2.05, 4.69) is 4.74 Å². The van der Waals surface area contributed by atoms with Crippen molar-refractivity contribution in [2.24, 2.45) is 0 Å². The fraction of sp³-hybridized carbons (Fsp3) is 0.300. The van der Waals surface area contributed by atoms with Gasteiger partial charge < -0.3 is 14.4 Å². The minimum absolute atomic E-state index is 0.0248. The summed E-state index contributed by atoms with van der Waals surface area (Å²) < 4.78 is 118. The van der Waals surface area contributed by atoms with Crippen LogP contribution in [0, 0.1) is 0 Å². The van der Waals surface area contributed by atoms with E-state index in [-0.39, 0.29) is 35.9 Å². The second-order valence-electron chi connectivity index (χ2n) is 10.5. The number of nitrogens with zero attached hydrogens (tertiary/aromatic N) is 3. The zero-order valence-corrected chi connectivity index (χ0v) is 25.6. The highest BCUT2D eigenvalue weighted by Crippen LogP contribution is 2.42. The largest absolute Gasteiger partial charge is 0.573 e. The van der Waals surface area contributed by atoms with Gasteiger partial charge in [-0.25, -0.2) is 8.42 Å². The number of piperazine rings is 1. The Morgan fingerprint density at radius 1 is 0.957 bits per heavy atom. The van der Waals surface area contributed by atoms with E-state index in [0.29, 0.717) is 24.3 Å². The van der Waals surface area contributed by atoms with Crippen LogP contribution in [0.5, 0.6) is 5.75 Å². The molecule has 0 bridgehead atoms. The molecule has 1 fully saturated rings. The van der Waals surface area contributed by atoms with Crippen LogP contribution in [0.4, 0.5) is 37.7 Å². The zero-order chi connectivity index (χ0) is 33.4. The van der Waals surface area contributed by atoms with E-state index in [1.54, 1.807) is 17.0 Å². The van der Waals surface area contributed by atoms with Crippen LogP contribution in [0.15, 0.2) is 65.6 Å². The molecule has 0 amide bonds. The molecule has 2 aliphatic rings. The molecule has 3 aromatic carbocycles. The lowest BCUT2D eigenvalue weighted by molar-refractivity contribution is -0.274. The van der Waals surface area contributed by atoms with Crippen LogP contribution in [0.2, 0.25) is 5.02 Å². The van der Waals surface area contributed by atoms with Gasteiger partial charge in [-0.15, -0.1) is 13.2 Å². The number of hydrogen-bond acceptors (Lipinski definition) is 7. The number of hydrogen-bond donors (Lipinski definition) is 0. The predicted molar refractivity (Wildman–Crippen MR) is 159 cm³/mol. The lowest BCUT2D eigenvalue weighted by Gasteiger charge is -2.49. The Morgan fingerprint density at radius 3 is 2.39 bits per heavy atom. The van der Waals surface area contributed by atoms with Crippen molar-refractivity contribution in [3.8, 4) is 5.75 Å². The first-order valence-corrected chi connectivity index (χ1v) is 15.5. The van der Waals surface area contributed by atoms with Gasteiger partial charge in [0, 0.05) is 36.3 Å². The number of rotatable bonds is 7. The second kappa shape index (κ2) is 12.7. The first-order valence-electron chi connectivity index (χ1n) is 13.7. The first kappa shape index (κ1) is 33.4. The Labute approximate surface area is 265 Å². The van der Waals surface area contributed by atoms with Crippen molar-refractivity contribution in [2.75, 3.05) is 49.0 Å². The summed E-state index contributed by atoms with van der Waals surface area (Å²) in [5.41, 5.74) is -0.249. The molecule has 16 heteroatoms. The van der Waals surface area contributed by atoms with Crippen molar-refractivity contribution in [1.29, 1.82) is 0 Å². The predicted octanol–water partition coefficient (Wildman–Crippen LogP) is 6.30. The number of carbonyl (C=O) groups excluding carboxylic acids is 1. The number of methoxy groups -OCH3 is 1. The molecule has 0 aliphatic carbocycles. The van der Waals surface area contributed by atoms with Crippen molar-refractivity contribution in [3.05, 3.63) is 82.4 Å². The molecule has 0 saturated carbocycles. The molecule has 1 saturated heterocycles. The van der Waals surface area contributed by atoms with Gasteiger partial charge in [-0.3, -0.25) is 14.0 Å². The van der Waals surface area contributed by atoms with E-state index in [1.807, 2.05) is 4.90 Å². The maximum Gasteiger partial charge on any atom is 0.573 e. The number of carbonyl (C=O) groups is 1. The average Bonchev–Trinajstić information content (AvgIpc) is 2.98. The molecule has 0 radical (unpaired) electrons. The number of fused-ring (bicyclic) bond motifs is 3. The van der Waals surface area contributed by atoms with Gasteiger partial charge in [0.15, 0.2) is 0 Å². The molecule has 5 rings (SSSR count). The van der Waals surface area contributed by atoms with E-state index < -0.39 is 50.8 Å². The van der Waals surface area contributed by atoms with Crippen LogP contribution >= 0.6 is 11.6 Å². The lowest BCUT2D eigenvalue weighted by Crippen LogP contribution is -2.61. The summed E-state index contributed by atoms with van der Waals surface area (Å²) in [4.78, 5) is 15.2.